The van der Waals surface area contributed by atoms with Crippen LogP contribution in [0.2, 0.25) is 0 Å². The Bertz CT molecular complexity index is 127. The van der Waals surface area contributed by atoms with Crippen LogP contribution in [-0.4, -0.2) is 17.4 Å². The Balaban J connectivity index is 4.40. The van der Waals surface area contributed by atoms with Gasteiger partial charge in [0.15, 0.2) is 0 Å². The van der Waals surface area contributed by atoms with Crippen LogP contribution in [0.25, 0.3) is 0 Å². The maximum atomic E-state index is 10.8. The number of hydrogen-bond acceptors (Lipinski definition) is 1. The summed E-state index contributed by atoms with van der Waals surface area (Å²) in [6.07, 6.45) is -11.8. The average molecular weight is 168 g/mol. The summed E-state index contributed by atoms with van der Waals surface area (Å²) in [6.45, 7) is 0. The highest BCUT2D eigenvalue weighted by atomic mass is 19.4. The summed E-state index contributed by atoms with van der Waals surface area (Å²) >= 11 is 0. The standard InChI is InChI=1S/C2F6NO/c3-1(4,5)9(10)2(6,7)8/q+1. The lowest BCUT2D eigenvalue weighted by Gasteiger charge is -1.96. The van der Waals surface area contributed by atoms with Crippen LogP contribution in [0.15, 0.2) is 0 Å². The van der Waals surface area contributed by atoms with Crippen LogP contribution in [0.1, 0.15) is 0 Å². The highest BCUT2D eigenvalue weighted by Crippen LogP contribution is 2.27. The molecule has 0 radical (unpaired) electrons. The summed E-state index contributed by atoms with van der Waals surface area (Å²) in [5.74, 6) is 0. The summed E-state index contributed by atoms with van der Waals surface area (Å²) < 4.78 is 62.2. The van der Waals surface area contributed by atoms with E-state index in [2.05, 4.69) is 0 Å². The van der Waals surface area contributed by atoms with Crippen molar-refractivity contribution in [1.82, 2.24) is 0 Å². The molecule has 0 aliphatic heterocycles. The fourth-order valence-electron chi connectivity index (χ4n) is 0.144. The normalized spacial score (nSPS) is 13.4. The molecule has 0 amide bonds. The fraction of sp³-hybridized carbons (Fsp3) is 1.00. The molecule has 0 N–H and O–H groups in total. The quantitative estimate of drug-likeness (QED) is 0.306. The number of nitrogens with zero attached hydrogens (tertiary/aromatic N) is 1. The molecule has 0 saturated heterocycles. The lowest BCUT2D eigenvalue weighted by atomic mass is 11.0. The SMILES string of the molecule is O=[N+](C(F)(F)F)C(F)(F)F. The molecule has 0 unspecified atom stereocenters. The van der Waals surface area contributed by atoms with Crippen LogP contribution < -0.4 is 0 Å². The van der Waals surface area contributed by atoms with Gasteiger partial charge < -0.3 is 0 Å². The molecule has 0 saturated carbocycles. The second-order valence-corrected chi connectivity index (χ2v) is 1.23. The number of nitroso groups, excluding NO2 is 1. The lowest BCUT2D eigenvalue weighted by Crippen LogP contribution is -2.37. The van der Waals surface area contributed by atoms with E-state index in [1.807, 2.05) is 0 Å². The van der Waals surface area contributed by atoms with E-state index < -0.39 is 17.4 Å². The molecule has 0 aliphatic carbocycles. The smallest absolute Gasteiger partial charge is 0.103 e. The van der Waals surface area contributed by atoms with Gasteiger partial charge in [-0.25, -0.2) is 0 Å². The molecular weight excluding hydrogens is 168 g/mol. The Morgan fingerprint density at radius 3 is 1.00 bits per heavy atom. The van der Waals surface area contributed by atoms with E-state index in [1.54, 1.807) is 0 Å². The van der Waals surface area contributed by atoms with Crippen molar-refractivity contribution in [3.8, 4) is 0 Å². The zero-order valence-electron chi connectivity index (χ0n) is 4.12. The largest absolute Gasteiger partial charge is 0.685 e. The summed E-state index contributed by atoms with van der Waals surface area (Å²) in [7, 11) is 0. The highest BCUT2D eigenvalue weighted by molar-refractivity contribution is 4.27. The third kappa shape index (κ3) is 2.19. The van der Waals surface area contributed by atoms with Crippen molar-refractivity contribution >= 4 is 0 Å². The number of hydrogen-bond donors (Lipinski definition) is 0. The first-order chi connectivity index (χ1) is 4.15. The summed E-state index contributed by atoms with van der Waals surface area (Å²) in [4.78, 5) is 9.15. The van der Waals surface area contributed by atoms with Gasteiger partial charge in [0.1, 0.15) is 0 Å². The summed E-state index contributed by atoms with van der Waals surface area (Å²) in [5.41, 5.74) is 0. The zero-order valence-corrected chi connectivity index (χ0v) is 4.12. The van der Waals surface area contributed by atoms with Gasteiger partial charge in [0, 0.05) is 4.91 Å². The maximum absolute atomic E-state index is 10.8. The molecule has 0 aromatic rings. The fourth-order valence-corrected chi connectivity index (χ4v) is 0.144. The van der Waals surface area contributed by atoms with Gasteiger partial charge in [-0.15, -0.1) is 26.3 Å². The average Bonchev–Trinajstić information content (AvgIpc) is 1.59. The van der Waals surface area contributed by atoms with E-state index in [0.717, 1.165) is 0 Å². The molecule has 0 fully saturated rings. The molecule has 8 heteroatoms. The molecule has 0 aliphatic rings. The Morgan fingerprint density at radius 1 is 0.800 bits per heavy atom. The van der Waals surface area contributed by atoms with Crippen LogP contribution in [0.4, 0.5) is 26.3 Å². The van der Waals surface area contributed by atoms with Crippen LogP contribution in [0.5, 0.6) is 0 Å². The maximum Gasteiger partial charge on any atom is 0.685 e. The van der Waals surface area contributed by atoms with Gasteiger partial charge in [-0.1, -0.05) is 0 Å². The molecule has 0 aromatic carbocycles. The molecule has 0 heterocycles. The zero-order chi connectivity index (χ0) is 8.58. The van der Waals surface area contributed by atoms with Gasteiger partial charge in [0.05, 0.1) is 0 Å². The van der Waals surface area contributed by atoms with E-state index in [9.17, 15) is 26.3 Å². The first-order valence-corrected chi connectivity index (χ1v) is 1.76. The molecule has 0 spiro atoms. The van der Waals surface area contributed by atoms with Crippen molar-refractivity contribution in [2.45, 2.75) is 12.6 Å². The van der Waals surface area contributed by atoms with Gasteiger partial charge in [0.25, 0.3) is 0 Å². The molecule has 10 heavy (non-hydrogen) atoms. The minimum atomic E-state index is -5.90. The molecule has 0 rings (SSSR count). The van der Waals surface area contributed by atoms with Crippen molar-refractivity contribution in [2.75, 3.05) is 0 Å². The number of alkyl halides is 6. The van der Waals surface area contributed by atoms with Crippen molar-refractivity contribution in [2.24, 2.45) is 0 Å². The van der Waals surface area contributed by atoms with Crippen LogP contribution >= 0.6 is 0 Å². The summed E-state index contributed by atoms with van der Waals surface area (Å²) in [5, 5.41) is 0. The van der Waals surface area contributed by atoms with Crippen LogP contribution in [0.3, 0.4) is 0 Å². The monoisotopic (exact) mass is 168 g/mol. The van der Waals surface area contributed by atoms with Gasteiger partial charge in [-0.05, 0) is 0 Å². The van der Waals surface area contributed by atoms with E-state index in [4.69, 9.17) is 4.91 Å². The Kier molecular flexibility index (Phi) is 1.93. The molecule has 2 nitrogen and oxygen atoms in total. The molecule has 0 aromatic heterocycles. The third-order valence-electron chi connectivity index (χ3n) is 0.461. The van der Waals surface area contributed by atoms with Gasteiger partial charge in [-0.2, -0.15) is 0 Å². The topological polar surface area (TPSA) is 20.1 Å². The van der Waals surface area contributed by atoms with Crippen molar-refractivity contribution in [1.29, 1.82) is 0 Å². The van der Waals surface area contributed by atoms with Crippen LogP contribution in [-0.2, 0) is 0 Å². The van der Waals surface area contributed by atoms with Crippen molar-refractivity contribution < 1.29 is 31.1 Å². The van der Waals surface area contributed by atoms with Crippen LogP contribution in [0, 0.1) is 4.91 Å². The predicted octanol–water partition coefficient (Wildman–Crippen LogP) is 1.80. The van der Waals surface area contributed by atoms with Gasteiger partial charge in [0.2, 0.25) is 4.76 Å². The van der Waals surface area contributed by atoms with Gasteiger partial charge >= 0.3 is 12.6 Å². The summed E-state index contributed by atoms with van der Waals surface area (Å²) in [6, 6.07) is 0. The Morgan fingerprint density at radius 2 is 1.00 bits per heavy atom. The van der Waals surface area contributed by atoms with E-state index in [-0.39, 0.29) is 0 Å². The molecule has 60 valence electrons. The lowest BCUT2D eigenvalue weighted by molar-refractivity contribution is -0.840. The van der Waals surface area contributed by atoms with E-state index >= 15 is 0 Å². The minimum absolute atomic E-state index is 2.88. The predicted molar refractivity (Wildman–Crippen MR) is 15.7 cm³/mol. The second kappa shape index (κ2) is 2.10. The Hall–Kier alpha value is -0.820. The van der Waals surface area contributed by atoms with Crippen molar-refractivity contribution in [3.63, 3.8) is 0 Å². The minimum Gasteiger partial charge on any atom is -0.103 e. The first kappa shape index (κ1) is 9.18. The Labute approximate surface area is 50.0 Å². The second-order valence-electron chi connectivity index (χ2n) is 1.23. The number of halogens is 6. The highest BCUT2D eigenvalue weighted by Gasteiger charge is 2.66. The third-order valence-corrected chi connectivity index (χ3v) is 0.461. The number of rotatable bonds is 0. The molecule has 0 atom stereocenters. The van der Waals surface area contributed by atoms with E-state index in [1.165, 1.54) is 0 Å². The molecular formula is C2F6NO+. The van der Waals surface area contributed by atoms with E-state index in [0.29, 0.717) is 0 Å². The van der Waals surface area contributed by atoms with Crippen molar-refractivity contribution in [3.05, 3.63) is 4.91 Å². The first-order valence-electron chi connectivity index (χ1n) is 1.76. The van der Waals surface area contributed by atoms with Gasteiger partial charge in [-0.3, -0.25) is 0 Å². The molecule has 0 bridgehead atoms.